The number of ether oxygens (including phenoxy) is 1. The lowest BCUT2D eigenvalue weighted by Gasteiger charge is -2.21. The van der Waals surface area contributed by atoms with Gasteiger partial charge in [0.15, 0.2) is 0 Å². The second-order valence-electron chi connectivity index (χ2n) is 6.82. The van der Waals surface area contributed by atoms with Gasteiger partial charge in [-0.25, -0.2) is 4.79 Å². The first-order chi connectivity index (χ1) is 12.6. The predicted octanol–water partition coefficient (Wildman–Crippen LogP) is 4.47. The number of aromatic nitrogens is 1. The Morgan fingerprint density at radius 2 is 2.12 bits per heavy atom. The van der Waals surface area contributed by atoms with Crippen molar-refractivity contribution in [1.82, 2.24) is 9.88 Å². The number of aryl methyl sites for hydroxylation is 2. The molecule has 0 spiro atoms. The highest BCUT2D eigenvalue weighted by Crippen LogP contribution is 2.30. The van der Waals surface area contributed by atoms with Crippen LogP contribution in [0.25, 0.3) is 10.9 Å². The van der Waals surface area contributed by atoms with Crippen LogP contribution in [0.3, 0.4) is 0 Å². The molecule has 0 radical (unpaired) electrons. The molecule has 3 aromatic rings. The van der Waals surface area contributed by atoms with Gasteiger partial charge in [0.1, 0.15) is 5.75 Å². The lowest BCUT2D eigenvalue weighted by atomic mass is 10.1. The molecule has 0 aliphatic carbocycles. The van der Waals surface area contributed by atoms with E-state index in [-0.39, 0.29) is 6.03 Å². The van der Waals surface area contributed by atoms with Crippen LogP contribution in [0, 0.1) is 6.92 Å². The third-order valence-electron chi connectivity index (χ3n) is 4.96. The van der Waals surface area contributed by atoms with Crippen molar-refractivity contribution in [3.63, 3.8) is 0 Å². The molecule has 0 bridgehead atoms. The number of fused-ring (bicyclic) bond motifs is 3. The number of rotatable bonds is 2. The third-order valence-corrected chi connectivity index (χ3v) is 4.96. The summed E-state index contributed by atoms with van der Waals surface area (Å²) in [5.74, 6) is 0.859. The molecule has 1 aliphatic rings. The fourth-order valence-corrected chi connectivity index (χ4v) is 3.65. The van der Waals surface area contributed by atoms with E-state index in [2.05, 4.69) is 16.4 Å². The number of benzene rings is 2. The number of urea groups is 1. The number of hydrogen-bond acceptors (Lipinski definition) is 2. The van der Waals surface area contributed by atoms with Crippen molar-refractivity contribution in [2.24, 2.45) is 0 Å². The molecule has 2 aromatic carbocycles. The number of anilines is 1. The maximum Gasteiger partial charge on any atom is 0.322 e. The van der Waals surface area contributed by atoms with Crippen LogP contribution in [-0.2, 0) is 13.0 Å². The van der Waals surface area contributed by atoms with Gasteiger partial charge in [-0.15, -0.1) is 0 Å². The minimum absolute atomic E-state index is 0.0558. The van der Waals surface area contributed by atoms with Gasteiger partial charge in [-0.05, 0) is 61.2 Å². The Hall–Kier alpha value is -2.95. The van der Waals surface area contributed by atoms with Crippen molar-refractivity contribution in [2.75, 3.05) is 19.0 Å². The smallest absolute Gasteiger partial charge is 0.322 e. The number of hydrogen-bond donors (Lipinski definition) is 2. The van der Waals surface area contributed by atoms with Crippen molar-refractivity contribution in [2.45, 2.75) is 26.3 Å². The normalized spacial score (nSPS) is 14.0. The lowest BCUT2D eigenvalue weighted by Crippen LogP contribution is -2.34. The predicted molar refractivity (Wildman–Crippen MR) is 104 cm³/mol. The molecule has 0 fully saturated rings. The van der Waals surface area contributed by atoms with E-state index in [1.54, 1.807) is 7.11 Å². The van der Waals surface area contributed by atoms with Crippen molar-refractivity contribution in [3.8, 4) is 5.75 Å². The van der Waals surface area contributed by atoms with Gasteiger partial charge in [0.25, 0.3) is 0 Å². The maximum absolute atomic E-state index is 12.7. The van der Waals surface area contributed by atoms with E-state index in [0.29, 0.717) is 6.54 Å². The number of methoxy groups -OCH3 is 1. The van der Waals surface area contributed by atoms with Gasteiger partial charge in [0.05, 0.1) is 13.7 Å². The molecule has 0 saturated heterocycles. The topological polar surface area (TPSA) is 57.4 Å². The average molecular weight is 349 g/mol. The molecule has 1 aromatic heterocycles. The van der Waals surface area contributed by atoms with Crippen molar-refractivity contribution in [3.05, 3.63) is 59.3 Å². The van der Waals surface area contributed by atoms with E-state index in [0.717, 1.165) is 47.6 Å². The second-order valence-corrected chi connectivity index (χ2v) is 6.82. The van der Waals surface area contributed by atoms with Crippen molar-refractivity contribution < 1.29 is 9.53 Å². The minimum atomic E-state index is -0.0558. The summed E-state index contributed by atoms with van der Waals surface area (Å²) in [6.45, 7) is 3.35. The van der Waals surface area contributed by atoms with E-state index >= 15 is 0 Å². The van der Waals surface area contributed by atoms with E-state index in [1.165, 1.54) is 10.9 Å². The van der Waals surface area contributed by atoms with Gasteiger partial charge in [0, 0.05) is 28.8 Å². The summed E-state index contributed by atoms with van der Waals surface area (Å²) in [6.07, 6.45) is 1.90. The van der Waals surface area contributed by atoms with E-state index < -0.39 is 0 Å². The number of H-pyrrole nitrogens is 1. The van der Waals surface area contributed by atoms with Crippen LogP contribution in [0.5, 0.6) is 5.75 Å². The van der Waals surface area contributed by atoms with E-state index in [9.17, 15) is 4.79 Å². The van der Waals surface area contributed by atoms with Gasteiger partial charge in [-0.3, -0.25) is 0 Å². The number of amides is 2. The molecule has 2 heterocycles. The van der Waals surface area contributed by atoms with Gasteiger partial charge in [-0.1, -0.05) is 12.1 Å². The fourth-order valence-electron chi connectivity index (χ4n) is 3.65. The Kier molecular flexibility index (Phi) is 4.29. The number of nitrogens with one attached hydrogen (secondary N) is 2. The van der Waals surface area contributed by atoms with Crippen LogP contribution in [-0.4, -0.2) is 29.6 Å². The molecule has 2 amide bonds. The second kappa shape index (κ2) is 6.75. The zero-order valence-electron chi connectivity index (χ0n) is 15.1. The Morgan fingerprint density at radius 1 is 1.23 bits per heavy atom. The molecule has 134 valence electrons. The number of carbonyl (C=O) groups is 1. The van der Waals surface area contributed by atoms with Gasteiger partial charge < -0.3 is 19.9 Å². The summed E-state index contributed by atoms with van der Waals surface area (Å²) < 4.78 is 5.36. The Morgan fingerprint density at radius 3 is 2.92 bits per heavy atom. The average Bonchev–Trinajstić information content (AvgIpc) is 2.83. The summed E-state index contributed by atoms with van der Waals surface area (Å²) in [4.78, 5) is 18.1. The molecule has 5 heteroatoms. The quantitative estimate of drug-likeness (QED) is 0.717. The first-order valence-electron chi connectivity index (χ1n) is 8.94. The molecule has 4 rings (SSSR count). The van der Waals surface area contributed by atoms with E-state index in [4.69, 9.17) is 4.74 Å². The molecule has 0 unspecified atom stereocenters. The molecule has 5 nitrogen and oxygen atoms in total. The van der Waals surface area contributed by atoms with Crippen LogP contribution < -0.4 is 10.1 Å². The van der Waals surface area contributed by atoms with Crippen LogP contribution in [0.15, 0.2) is 42.5 Å². The van der Waals surface area contributed by atoms with Gasteiger partial charge in [0.2, 0.25) is 0 Å². The first kappa shape index (κ1) is 16.5. The summed E-state index contributed by atoms with van der Waals surface area (Å²) in [5, 5.41) is 4.21. The highest BCUT2D eigenvalue weighted by Gasteiger charge is 2.22. The lowest BCUT2D eigenvalue weighted by molar-refractivity contribution is 0.209. The standard InChI is InChI=1S/C21H23N3O2/c1-14-5-3-6-15(11-14)22-21(25)24-10-4-7-17-18-12-16(26-2)8-9-19(18)23-20(17)13-24/h3,5-6,8-9,11-12,23H,4,7,10,13H2,1-2H3,(H,22,25). The minimum Gasteiger partial charge on any atom is -0.497 e. The molecule has 1 aliphatic heterocycles. The van der Waals surface area contributed by atoms with Crippen LogP contribution >= 0.6 is 0 Å². The van der Waals surface area contributed by atoms with E-state index in [1.807, 2.05) is 48.2 Å². The SMILES string of the molecule is COc1ccc2[nH]c3c(c2c1)CCCN(C(=O)Nc1cccc(C)c1)C3. The summed E-state index contributed by atoms with van der Waals surface area (Å²) in [6, 6.07) is 13.9. The van der Waals surface area contributed by atoms with Crippen LogP contribution in [0.4, 0.5) is 10.5 Å². The monoisotopic (exact) mass is 349 g/mol. The summed E-state index contributed by atoms with van der Waals surface area (Å²) >= 11 is 0. The Balaban J connectivity index is 1.58. The first-order valence-corrected chi connectivity index (χ1v) is 8.94. The van der Waals surface area contributed by atoms with Gasteiger partial charge in [-0.2, -0.15) is 0 Å². The van der Waals surface area contributed by atoms with Crippen molar-refractivity contribution in [1.29, 1.82) is 0 Å². The molecule has 2 N–H and O–H groups in total. The van der Waals surface area contributed by atoms with Crippen LogP contribution in [0.1, 0.15) is 23.2 Å². The molecular weight excluding hydrogens is 326 g/mol. The largest absolute Gasteiger partial charge is 0.497 e. The zero-order chi connectivity index (χ0) is 18.1. The Bertz CT molecular complexity index is 961. The molecule has 26 heavy (non-hydrogen) atoms. The molecular formula is C21H23N3O2. The zero-order valence-corrected chi connectivity index (χ0v) is 15.1. The number of carbonyl (C=O) groups excluding carboxylic acids is 1. The summed E-state index contributed by atoms with van der Waals surface area (Å²) in [7, 11) is 1.68. The number of nitrogens with zero attached hydrogens (tertiary/aromatic N) is 1. The molecule has 0 atom stereocenters. The highest BCUT2D eigenvalue weighted by molar-refractivity contribution is 5.90. The maximum atomic E-state index is 12.7. The van der Waals surface area contributed by atoms with Crippen molar-refractivity contribution >= 4 is 22.6 Å². The highest BCUT2D eigenvalue weighted by atomic mass is 16.5. The van der Waals surface area contributed by atoms with Crippen LogP contribution in [0.2, 0.25) is 0 Å². The molecule has 0 saturated carbocycles. The fraction of sp³-hybridized carbons (Fsp3) is 0.286. The third kappa shape index (κ3) is 3.12. The number of aromatic amines is 1. The summed E-state index contributed by atoms with van der Waals surface area (Å²) in [5.41, 5.74) is 5.47. The Labute approximate surface area is 153 Å². The van der Waals surface area contributed by atoms with Gasteiger partial charge >= 0.3 is 6.03 Å².